The van der Waals surface area contributed by atoms with Gasteiger partial charge in [0.15, 0.2) is 0 Å². The molecule has 0 radical (unpaired) electrons. The number of para-hydroxylation sites is 1. The highest BCUT2D eigenvalue weighted by Gasteiger charge is 2.09. The molecule has 0 saturated heterocycles. The first kappa shape index (κ1) is 17.0. The van der Waals surface area contributed by atoms with Crippen LogP contribution in [0.4, 0.5) is 4.39 Å². The minimum Gasteiger partial charge on any atom is -0.491 e. The molecule has 0 aliphatic heterocycles. The van der Waals surface area contributed by atoms with Gasteiger partial charge in [0.1, 0.15) is 18.2 Å². The molecule has 1 unspecified atom stereocenters. The van der Waals surface area contributed by atoms with Gasteiger partial charge in [-0.25, -0.2) is 4.39 Å². The molecule has 4 heteroatoms. The lowest BCUT2D eigenvalue weighted by Crippen LogP contribution is -2.36. The first-order valence-corrected chi connectivity index (χ1v) is 7.77. The smallest absolute Gasteiger partial charge is 0.220 e. The SMILES string of the molecule is Cc1ccccc1OCC(C)NC(=O)CCc1ccc(F)cc1. The van der Waals surface area contributed by atoms with Crippen LogP contribution in [0.15, 0.2) is 48.5 Å². The second-order valence-electron chi connectivity index (χ2n) is 5.67. The molecule has 122 valence electrons. The molecule has 0 aromatic heterocycles. The third-order valence-electron chi connectivity index (χ3n) is 3.54. The van der Waals surface area contributed by atoms with Crippen molar-refractivity contribution in [1.29, 1.82) is 0 Å². The molecule has 0 aliphatic rings. The van der Waals surface area contributed by atoms with E-state index in [0.29, 0.717) is 19.4 Å². The molecule has 0 saturated carbocycles. The van der Waals surface area contributed by atoms with Gasteiger partial charge in [0.2, 0.25) is 5.91 Å². The Bertz CT molecular complexity index is 640. The number of hydrogen-bond donors (Lipinski definition) is 1. The molecule has 2 rings (SSSR count). The van der Waals surface area contributed by atoms with Crippen molar-refractivity contribution in [2.45, 2.75) is 32.7 Å². The zero-order valence-corrected chi connectivity index (χ0v) is 13.5. The minimum absolute atomic E-state index is 0.0322. The number of benzene rings is 2. The number of ether oxygens (including phenoxy) is 1. The van der Waals surface area contributed by atoms with Gasteiger partial charge in [-0.1, -0.05) is 30.3 Å². The lowest BCUT2D eigenvalue weighted by atomic mass is 10.1. The summed E-state index contributed by atoms with van der Waals surface area (Å²) in [5, 5.41) is 2.91. The predicted molar refractivity (Wildman–Crippen MR) is 89.0 cm³/mol. The summed E-state index contributed by atoms with van der Waals surface area (Å²) >= 11 is 0. The Morgan fingerprint density at radius 2 is 1.87 bits per heavy atom. The Hall–Kier alpha value is -2.36. The predicted octanol–water partition coefficient (Wildman–Crippen LogP) is 3.65. The normalized spacial score (nSPS) is 11.8. The molecule has 3 nitrogen and oxygen atoms in total. The first-order chi connectivity index (χ1) is 11.0. The monoisotopic (exact) mass is 315 g/mol. The van der Waals surface area contributed by atoms with Crippen LogP contribution in [0.25, 0.3) is 0 Å². The molecule has 2 aromatic rings. The topological polar surface area (TPSA) is 38.3 Å². The molecule has 0 spiro atoms. The third kappa shape index (κ3) is 5.74. The fourth-order valence-corrected chi connectivity index (χ4v) is 2.23. The van der Waals surface area contributed by atoms with Crippen LogP contribution in [0.3, 0.4) is 0 Å². The maximum Gasteiger partial charge on any atom is 0.220 e. The van der Waals surface area contributed by atoms with E-state index in [-0.39, 0.29) is 17.8 Å². The summed E-state index contributed by atoms with van der Waals surface area (Å²) in [7, 11) is 0. The van der Waals surface area contributed by atoms with Gasteiger partial charge in [-0.15, -0.1) is 0 Å². The van der Waals surface area contributed by atoms with Gasteiger partial charge >= 0.3 is 0 Å². The summed E-state index contributed by atoms with van der Waals surface area (Å²) in [5.74, 6) is 0.537. The number of halogens is 1. The van der Waals surface area contributed by atoms with Crippen LogP contribution in [-0.4, -0.2) is 18.6 Å². The molecule has 0 bridgehead atoms. The van der Waals surface area contributed by atoms with Gasteiger partial charge in [-0.05, 0) is 49.6 Å². The molecule has 0 aliphatic carbocycles. The Balaban J connectivity index is 1.72. The van der Waals surface area contributed by atoms with Crippen molar-refractivity contribution < 1.29 is 13.9 Å². The van der Waals surface area contributed by atoms with E-state index in [9.17, 15) is 9.18 Å². The van der Waals surface area contributed by atoms with E-state index in [1.54, 1.807) is 12.1 Å². The van der Waals surface area contributed by atoms with Crippen molar-refractivity contribution in [2.24, 2.45) is 0 Å². The number of nitrogens with one attached hydrogen (secondary N) is 1. The van der Waals surface area contributed by atoms with Crippen molar-refractivity contribution in [2.75, 3.05) is 6.61 Å². The first-order valence-electron chi connectivity index (χ1n) is 7.77. The Morgan fingerprint density at radius 1 is 1.17 bits per heavy atom. The van der Waals surface area contributed by atoms with E-state index >= 15 is 0 Å². The lowest BCUT2D eigenvalue weighted by molar-refractivity contribution is -0.121. The third-order valence-corrected chi connectivity index (χ3v) is 3.54. The van der Waals surface area contributed by atoms with E-state index in [4.69, 9.17) is 4.74 Å². The van der Waals surface area contributed by atoms with E-state index in [0.717, 1.165) is 16.9 Å². The van der Waals surface area contributed by atoms with Crippen LogP contribution in [0.1, 0.15) is 24.5 Å². The van der Waals surface area contributed by atoms with Gasteiger partial charge < -0.3 is 10.1 Å². The Kier molecular flexibility index (Phi) is 6.15. The molecule has 2 aromatic carbocycles. The second-order valence-corrected chi connectivity index (χ2v) is 5.67. The van der Waals surface area contributed by atoms with Crippen LogP contribution >= 0.6 is 0 Å². The van der Waals surface area contributed by atoms with Crippen LogP contribution in [-0.2, 0) is 11.2 Å². The number of carbonyl (C=O) groups is 1. The van der Waals surface area contributed by atoms with Gasteiger partial charge in [0, 0.05) is 6.42 Å². The molecule has 0 fully saturated rings. The second kappa shape index (κ2) is 8.32. The quantitative estimate of drug-likeness (QED) is 0.847. The summed E-state index contributed by atoms with van der Waals surface area (Å²) in [6, 6.07) is 13.9. The van der Waals surface area contributed by atoms with Crippen LogP contribution in [0.2, 0.25) is 0 Å². The Labute approximate surface area is 136 Å². The highest BCUT2D eigenvalue weighted by atomic mass is 19.1. The summed E-state index contributed by atoms with van der Waals surface area (Å²) in [6.07, 6.45) is 0.970. The largest absolute Gasteiger partial charge is 0.491 e. The maximum atomic E-state index is 12.8. The highest BCUT2D eigenvalue weighted by molar-refractivity contribution is 5.76. The zero-order valence-electron chi connectivity index (χ0n) is 13.5. The summed E-state index contributed by atoms with van der Waals surface area (Å²) in [4.78, 5) is 11.9. The molecule has 23 heavy (non-hydrogen) atoms. The standard InChI is InChI=1S/C19H22FNO2/c1-14-5-3-4-6-18(14)23-13-15(2)21-19(22)12-9-16-7-10-17(20)11-8-16/h3-8,10-11,15H,9,12-13H2,1-2H3,(H,21,22). The van der Waals surface area contributed by atoms with Crippen molar-refractivity contribution in [3.8, 4) is 5.75 Å². The van der Waals surface area contributed by atoms with Gasteiger partial charge in [-0.2, -0.15) is 0 Å². The van der Waals surface area contributed by atoms with Gasteiger partial charge in [-0.3, -0.25) is 4.79 Å². The highest BCUT2D eigenvalue weighted by Crippen LogP contribution is 2.16. The average Bonchev–Trinajstić information content (AvgIpc) is 2.53. The maximum absolute atomic E-state index is 12.8. The van der Waals surface area contributed by atoms with E-state index < -0.39 is 0 Å². The molecular weight excluding hydrogens is 293 g/mol. The fraction of sp³-hybridized carbons (Fsp3) is 0.316. The Morgan fingerprint density at radius 3 is 2.57 bits per heavy atom. The summed E-state index contributed by atoms with van der Waals surface area (Å²) < 4.78 is 18.5. The van der Waals surface area contributed by atoms with Crippen LogP contribution in [0, 0.1) is 12.7 Å². The summed E-state index contributed by atoms with van der Waals surface area (Å²) in [5.41, 5.74) is 2.02. The van der Waals surface area contributed by atoms with Crippen molar-refractivity contribution in [3.63, 3.8) is 0 Å². The number of carbonyl (C=O) groups excluding carboxylic acids is 1. The molecule has 1 amide bonds. The van der Waals surface area contributed by atoms with Crippen molar-refractivity contribution >= 4 is 5.91 Å². The van der Waals surface area contributed by atoms with Gasteiger partial charge in [0.05, 0.1) is 6.04 Å². The number of hydrogen-bond acceptors (Lipinski definition) is 2. The molecule has 1 N–H and O–H groups in total. The lowest BCUT2D eigenvalue weighted by Gasteiger charge is -2.16. The number of amides is 1. The zero-order chi connectivity index (χ0) is 16.7. The molecule has 0 heterocycles. The molecule has 1 atom stereocenters. The van der Waals surface area contributed by atoms with Gasteiger partial charge in [0.25, 0.3) is 0 Å². The van der Waals surface area contributed by atoms with E-state index in [2.05, 4.69) is 5.32 Å². The van der Waals surface area contributed by atoms with Crippen molar-refractivity contribution in [1.82, 2.24) is 5.32 Å². The van der Waals surface area contributed by atoms with Crippen LogP contribution < -0.4 is 10.1 Å². The summed E-state index contributed by atoms with van der Waals surface area (Å²) in [6.45, 7) is 4.32. The van der Waals surface area contributed by atoms with Crippen LogP contribution in [0.5, 0.6) is 5.75 Å². The van der Waals surface area contributed by atoms with E-state index in [1.807, 2.05) is 38.1 Å². The minimum atomic E-state index is -0.264. The fourth-order valence-electron chi connectivity index (χ4n) is 2.23. The molecular formula is C19H22FNO2. The number of rotatable bonds is 7. The number of aryl methyl sites for hydroxylation is 2. The van der Waals surface area contributed by atoms with Crippen molar-refractivity contribution in [3.05, 3.63) is 65.5 Å². The van der Waals surface area contributed by atoms with E-state index in [1.165, 1.54) is 12.1 Å². The average molecular weight is 315 g/mol.